The molecule has 0 unspecified atom stereocenters. The Hall–Kier alpha value is -0.480. The lowest BCUT2D eigenvalue weighted by Gasteiger charge is -2.28. The van der Waals surface area contributed by atoms with Crippen molar-refractivity contribution in [2.24, 2.45) is 5.18 Å². The average molecular weight is 203 g/mol. The van der Waals surface area contributed by atoms with E-state index in [-0.39, 0.29) is 6.54 Å². The lowest BCUT2D eigenvalue weighted by molar-refractivity contribution is -0.203. The molecule has 0 atom stereocenters. The maximum atomic E-state index is 10.2. The summed E-state index contributed by atoms with van der Waals surface area (Å²) in [5, 5.41) is 2.85. The van der Waals surface area contributed by atoms with Crippen LogP contribution in [0.5, 0.6) is 0 Å². The van der Waals surface area contributed by atoms with Crippen LogP contribution in [0.4, 0.5) is 0 Å². The van der Waals surface area contributed by atoms with Crippen molar-refractivity contribution in [3.05, 3.63) is 4.91 Å². The molecule has 4 nitrogen and oxygen atoms in total. The van der Waals surface area contributed by atoms with Gasteiger partial charge in [0.2, 0.25) is 0 Å². The number of nitroso groups, excluding NO2 is 1. The quantitative estimate of drug-likeness (QED) is 0.329. The number of hydrogen-bond acceptors (Lipinski definition) is 4. The number of ether oxygens (including phenoxy) is 2. The van der Waals surface area contributed by atoms with Gasteiger partial charge in [0.15, 0.2) is 5.79 Å². The van der Waals surface area contributed by atoms with Gasteiger partial charge in [-0.05, 0) is 6.42 Å². The van der Waals surface area contributed by atoms with E-state index in [1.54, 1.807) is 14.2 Å². The van der Waals surface area contributed by atoms with E-state index in [0.717, 1.165) is 19.3 Å². The molecule has 0 bridgehead atoms. The van der Waals surface area contributed by atoms with E-state index in [0.29, 0.717) is 0 Å². The Balaban J connectivity index is 3.87. The van der Waals surface area contributed by atoms with Crippen LogP contribution in [0, 0.1) is 4.91 Å². The first-order chi connectivity index (χ1) is 6.74. The number of rotatable bonds is 9. The Morgan fingerprint density at radius 3 is 2.21 bits per heavy atom. The van der Waals surface area contributed by atoms with Crippen molar-refractivity contribution in [1.82, 2.24) is 0 Å². The SMILES string of the molecule is CCCCCCC(CN=O)(OC)OC. The van der Waals surface area contributed by atoms with E-state index in [9.17, 15) is 4.91 Å². The minimum absolute atomic E-state index is 0.0616. The number of unbranched alkanes of at least 4 members (excludes halogenated alkanes) is 3. The molecule has 0 N–H and O–H groups in total. The van der Waals surface area contributed by atoms with E-state index < -0.39 is 5.79 Å². The van der Waals surface area contributed by atoms with Crippen LogP contribution in [0.25, 0.3) is 0 Å². The molecule has 0 aliphatic heterocycles. The zero-order chi connectivity index (χ0) is 10.9. The minimum atomic E-state index is -0.796. The first kappa shape index (κ1) is 13.5. The predicted molar refractivity (Wildman–Crippen MR) is 56.2 cm³/mol. The van der Waals surface area contributed by atoms with Crippen LogP contribution in [0.2, 0.25) is 0 Å². The van der Waals surface area contributed by atoms with Crippen molar-refractivity contribution >= 4 is 0 Å². The second-order valence-electron chi connectivity index (χ2n) is 3.42. The molecule has 0 fully saturated rings. The first-order valence-corrected chi connectivity index (χ1v) is 5.14. The Labute approximate surface area is 85.9 Å². The molecule has 0 saturated heterocycles. The summed E-state index contributed by atoms with van der Waals surface area (Å²) in [6.45, 7) is 2.22. The van der Waals surface area contributed by atoms with Crippen molar-refractivity contribution in [1.29, 1.82) is 0 Å². The van der Waals surface area contributed by atoms with Crippen LogP contribution in [-0.4, -0.2) is 26.6 Å². The Kier molecular flexibility index (Phi) is 7.61. The van der Waals surface area contributed by atoms with Crippen molar-refractivity contribution < 1.29 is 9.47 Å². The highest BCUT2D eigenvalue weighted by molar-refractivity contribution is 4.71. The smallest absolute Gasteiger partial charge is 0.190 e. The molecule has 0 aromatic carbocycles. The lowest BCUT2D eigenvalue weighted by Crippen LogP contribution is -2.37. The fraction of sp³-hybridized carbons (Fsp3) is 1.00. The number of nitrogens with zero attached hydrogens (tertiary/aromatic N) is 1. The van der Waals surface area contributed by atoms with Gasteiger partial charge in [0.05, 0.1) is 0 Å². The van der Waals surface area contributed by atoms with Crippen LogP contribution in [-0.2, 0) is 9.47 Å². The molecule has 0 rings (SSSR count). The van der Waals surface area contributed by atoms with Crippen LogP contribution in [0.1, 0.15) is 39.0 Å². The number of methoxy groups -OCH3 is 2. The highest BCUT2D eigenvalue weighted by atomic mass is 16.7. The van der Waals surface area contributed by atoms with Crippen LogP contribution < -0.4 is 0 Å². The zero-order valence-electron chi connectivity index (χ0n) is 9.41. The topological polar surface area (TPSA) is 47.9 Å². The van der Waals surface area contributed by atoms with Gasteiger partial charge in [-0.2, -0.15) is 4.91 Å². The summed E-state index contributed by atoms with van der Waals surface area (Å²) in [6.07, 6.45) is 5.28. The Morgan fingerprint density at radius 2 is 1.79 bits per heavy atom. The van der Waals surface area contributed by atoms with E-state index in [1.165, 1.54) is 12.8 Å². The molecular formula is C10H21NO3. The molecule has 84 valence electrons. The fourth-order valence-corrected chi connectivity index (χ4v) is 1.42. The first-order valence-electron chi connectivity index (χ1n) is 5.14. The van der Waals surface area contributed by atoms with Crippen molar-refractivity contribution in [3.63, 3.8) is 0 Å². The molecule has 0 aromatic heterocycles. The predicted octanol–water partition coefficient (Wildman–Crippen LogP) is 2.71. The van der Waals surface area contributed by atoms with E-state index in [1.807, 2.05) is 0 Å². The maximum absolute atomic E-state index is 10.2. The van der Waals surface area contributed by atoms with Crippen LogP contribution >= 0.6 is 0 Å². The summed E-state index contributed by atoms with van der Waals surface area (Å²) in [4.78, 5) is 10.2. The molecule has 14 heavy (non-hydrogen) atoms. The standard InChI is InChI=1S/C10H21NO3/c1-4-5-6-7-8-10(13-2,14-3)9-11-12/h4-9H2,1-3H3. The molecule has 0 saturated carbocycles. The summed E-state index contributed by atoms with van der Waals surface area (Å²) in [7, 11) is 3.10. The van der Waals surface area contributed by atoms with Gasteiger partial charge in [-0.15, -0.1) is 0 Å². The van der Waals surface area contributed by atoms with E-state index in [4.69, 9.17) is 9.47 Å². The molecule has 0 aromatic rings. The molecule has 0 amide bonds. The van der Waals surface area contributed by atoms with Crippen molar-refractivity contribution in [2.45, 2.75) is 44.8 Å². The van der Waals surface area contributed by atoms with Crippen molar-refractivity contribution in [3.8, 4) is 0 Å². The lowest BCUT2D eigenvalue weighted by atomic mass is 10.1. The van der Waals surface area contributed by atoms with E-state index >= 15 is 0 Å². The third-order valence-corrected chi connectivity index (χ3v) is 2.46. The van der Waals surface area contributed by atoms with Gasteiger partial charge >= 0.3 is 0 Å². The summed E-state index contributed by atoms with van der Waals surface area (Å²) >= 11 is 0. The molecule has 0 spiro atoms. The molecule has 0 aliphatic rings. The molecular weight excluding hydrogens is 182 g/mol. The van der Waals surface area contributed by atoms with Crippen molar-refractivity contribution in [2.75, 3.05) is 20.8 Å². The largest absolute Gasteiger partial charge is 0.351 e. The van der Waals surface area contributed by atoms with Gasteiger partial charge in [-0.3, -0.25) is 0 Å². The monoisotopic (exact) mass is 203 g/mol. The molecule has 0 radical (unpaired) electrons. The van der Waals surface area contributed by atoms with Gasteiger partial charge in [-0.25, -0.2) is 0 Å². The molecule has 0 aliphatic carbocycles. The minimum Gasteiger partial charge on any atom is -0.351 e. The highest BCUT2D eigenvalue weighted by Crippen LogP contribution is 2.20. The van der Waals surface area contributed by atoms with Gasteiger partial charge in [0, 0.05) is 20.6 Å². The molecule has 4 heteroatoms. The highest BCUT2D eigenvalue weighted by Gasteiger charge is 2.29. The number of hydrogen-bond donors (Lipinski definition) is 0. The van der Waals surface area contributed by atoms with Gasteiger partial charge in [0.25, 0.3) is 0 Å². The summed E-state index contributed by atoms with van der Waals surface area (Å²) in [6, 6.07) is 0. The van der Waals surface area contributed by atoms with E-state index in [2.05, 4.69) is 12.1 Å². The maximum Gasteiger partial charge on any atom is 0.190 e. The molecule has 0 heterocycles. The average Bonchev–Trinajstić information content (AvgIpc) is 2.23. The summed E-state index contributed by atoms with van der Waals surface area (Å²) < 4.78 is 10.4. The fourth-order valence-electron chi connectivity index (χ4n) is 1.42. The van der Waals surface area contributed by atoms with Crippen LogP contribution in [0.15, 0.2) is 5.18 Å². The van der Waals surface area contributed by atoms with Gasteiger partial charge in [0.1, 0.15) is 6.54 Å². The van der Waals surface area contributed by atoms with Crippen LogP contribution in [0.3, 0.4) is 0 Å². The Bertz CT molecular complexity index is 146. The third kappa shape index (κ3) is 4.67. The second kappa shape index (κ2) is 7.88. The second-order valence-corrected chi connectivity index (χ2v) is 3.42. The zero-order valence-corrected chi connectivity index (χ0v) is 9.41. The Morgan fingerprint density at radius 1 is 1.14 bits per heavy atom. The van der Waals surface area contributed by atoms with Gasteiger partial charge < -0.3 is 9.47 Å². The summed E-state index contributed by atoms with van der Waals surface area (Å²) in [5.74, 6) is -0.796. The normalized spacial score (nSPS) is 11.6. The van der Waals surface area contributed by atoms with Gasteiger partial charge in [-0.1, -0.05) is 31.4 Å². The summed E-state index contributed by atoms with van der Waals surface area (Å²) in [5.41, 5.74) is 0. The third-order valence-electron chi connectivity index (χ3n) is 2.46.